The van der Waals surface area contributed by atoms with Crippen molar-refractivity contribution in [2.24, 2.45) is 0 Å². The molecule has 0 spiro atoms. The van der Waals surface area contributed by atoms with Crippen LogP contribution in [0.25, 0.3) is 11.0 Å². The zero-order valence-electron chi connectivity index (χ0n) is 6.31. The van der Waals surface area contributed by atoms with Gasteiger partial charge in [0.25, 0.3) is 0 Å². The molecule has 0 bridgehead atoms. The number of aromatic nitrogens is 3. The number of benzene rings is 1. The van der Waals surface area contributed by atoms with Gasteiger partial charge in [-0.2, -0.15) is 0 Å². The molecule has 0 fully saturated rings. The minimum atomic E-state index is -1.13. The highest BCUT2D eigenvalue weighted by atomic mass is 79.9. The summed E-state index contributed by atoms with van der Waals surface area (Å²) in [6.07, 6.45) is -1.13. The fourth-order valence-electron chi connectivity index (χ4n) is 1.04. The van der Waals surface area contributed by atoms with Gasteiger partial charge in [0.1, 0.15) is 11.0 Å². The second kappa shape index (κ2) is 2.81. The maximum Gasteiger partial charge on any atom is 0.434 e. The van der Waals surface area contributed by atoms with Gasteiger partial charge in [0, 0.05) is 4.47 Å². The first-order valence-electron chi connectivity index (χ1n) is 3.43. The normalized spacial score (nSPS) is 10.5. The van der Waals surface area contributed by atoms with E-state index in [-0.39, 0.29) is 0 Å². The van der Waals surface area contributed by atoms with E-state index in [1.54, 1.807) is 18.2 Å². The van der Waals surface area contributed by atoms with E-state index in [4.69, 9.17) is 5.11 Å². The SMILES string of the molecule is O=C(O)n1nnc2cc(Br)ccc21. The van der Waals surface area contributed by atoms with E-state index in [2.05, 4.69) is 26.2 Å². The van der Waals surface area contributed by atoms with E-state index in [1.807, 2.05) is 0 Å². The van der Waals surface area contributed by atoms with E-state index in [0.29, 0.717) is 11.0 Å². The molecule has 1 N–H and O–H groups in total. The van der Waals surface area contributed by atoms with Crippen LogP contribution >= 0.6 is 15.9 Å². The molecular weight excluding hydrogens is 238 g/mol. The lowest BCUT2D eigenvalue weighted by Crippen LogP contribution is -2.09. The third kappa shape index (κ3) is 1.29. The quantitative estimate of drug-likeness (QED) is 0.763. The number of nitrogens with zero attached hydrogens (tertiary/aromatic N) is 3. The van der Waals surface area contributed by atoms with Gasteiger partial charge in [-0.25, -0.2) is 4.79 Å². The minimum absolute atomic E-state index is 0.482. The average Bonchev–Trinajstić information content (AvgIpc) is 2.46. The molecule has 0 aliphatic rings. The number of fused-ring (bicyclic) bond motifs is 1. The van der Waals surface area contributed by atoms with Crippen molar-refractivity contribution in [2.45, 2.75) is 0 Å². The largest absolute Gasteiger partial charge is 0.463 e. The fourth-order valence-corrected chi connectivity index (χ4v) is 1.39. The summed E-state index contributed by atoms with van der Waals surface area (Å²) in [5.74, 6) is 0. The average molecular weight is 242 g/mol. The monoisotopic (exact) mass is 241 g/mol. The van der Waals surface area contributed by atoms with Crippen LogP contribution in [0.3, 0.4) is 0 Å². The predicted molar refractivity (Wildman–Crippen MR) is 48.7 cm³/mol. The van der Waals surface area contributed by atoms with Crippen molar-refractivity contribution in [3.63, 3.8) is 0 Å². The van der Waals surface area contributed by atoms with Gasteiger partial charge in [0.15, 0.2) is 0 Å². The van der Waals surface area contributed by atoms with Gasteiger partial charge < -0.3 is 5.11 Å². The van der Waals surface area contributed by atoms with Crippen LogP contribution in [-0.4, -0.2) is 26.2 Å². The topological polar surface area (TPSA) is 68.0 Å². The third-order valence-electron chi connectivity index (χ3n) is 1.59. The van der Waals surface area contributed by atoms with Crippen molar-refractivity contribution in [1.82, 2.24) is 15.0 Å². The molecule has 2 rings (SSSR count). The van der Waals surface area contributed by atoms with Gasteiger partial charge in [-0.3, -0.25) is 0 Å². The number of rotatable bonds is 0. The molecule has 0 amide bonds. The highest BCUT2D eigenvalue weighted by molar-refractivity contribution is 9.10. The molecule has 0 saturated carbocycles. The lowest BCUT2D eigenvalue weighted by atomic mass is 10.3. The first-order chi connectivity index (χ1) is 6.18. The first-order valence-corrected chi connectivity index (χ1v) is 4.22. The van der Waals surface area contributed by atoms with Crippen molar-refractivity contribution >= 4 is 33.1 Å². The highest BCUT2D eigenvalue weighted by Gasteiger charge is 2.09. The Kier molecular flexibility index (Phi) is 1.77. The van der Waals surface area contributed by atoms with Gasteiger partial charge in [-0.15, -0.1) is 9.78 Å². The van der Waals surface area contributed by atoms with E-state index < -0.39 is 6.09 Å². The molecule has 1 aromatic carbocycles. The third-order valence-corrected chi connectivity index (χ3v) is 2.08. The van der Waals surface area contributed by atoms with E-state index in [1.165, 1.54) is 0 Å². The van der Waals surface area contributed by atoms with E-state index in [0.717, 1.165) is 9.15 Å². The Bertz CT molecular complexity index is 480. The van der Waals surface area contributed by atoms with Crippen molar-refractivity contribution in [2.75, 3.05) is 0 Å². The second-order valence-electron chi connectivity index (χ2n) is 2.42. The van der Waals surface area contributed by atoms with Crippen LogP contribution in [0.5, 0.6) is 0 Å². The van der Waals surface area contributed by atoms with Crippen molar-refractivity contribution in [3.8, 4) is 0 Å². The predicted octanol–water partition coefficient (Wildman–Crippen LogP) is 1.72. The molecular formula is C7H4BrN3O2. The molecule has 2 aromatic rings. The summed E-state index contributed by atoms with van der Waals surface area (Å²) in [6.45, 7) is 0. The number of hydrogen-bond donors (Lipinski definition) is 1. The zero-order chi connectivity index (χ0) is 9.42. The maximum atomic E-state index is 10.6. The number of carboxylic acid groups (broad SMARTS) is 1. The minimum Gasteiger partial charge on any atom is -0.463 e. The van der Waals surface area contributed by atoms with Crippen LogP contribution in [0.2, 0.25) is 0 Å². The summed E-state index contributed by atoms with van der Waals surface area (Å²) in [6, 6.07) is 5.10. The van der Waals surface area contributed by atoms with Gasteiger partial charge in [0.2, 0.25) is 0 Å². The standard InChI is InChI=1S/C7H4BrN3O2/c8-4-1-2-6-5(3-4)9-10-11(6)7(12)13/h1-3H,(H,12,13). The summed E-state index contributed by atoms with van der Waals surface area (Å²) in [5, 5.41) is 15.9. The molecule has 1 heterocycles. The first kappa shape index (κ1) is 8.18. The summed E-state index contributed by atoms with van der Waals surface area (Å²) in [4.78, 5) is 10.6. The molecule has 1 aromatic heterocycles. The van der Waals surface area contributed by atoms with Crippen LogP contribution < -0.4 is 0 Å². The van der Waals surface area contributed by atoms with Crippen LogP contribution in [0.15, 0.2) is 22.7 Å². The Labute approximate surface area is 81.1 Å². The molecule has 0 unspecified atom stereocenters. The van der Waals surface area contributed by atoms with Gasteiger partial charge >= 0.3 is 6.09 Å². The van der Waals surface area contributed by atoms with Gasteiger partial charge in [-0.05, 0) is 18.2 Å². The van der Waals surface area contributed by atoms with Gasteiger partial charge in [-0.1, -0.05) is 21.1 Å². The lowest BCUT2D eigenvalue weighted by Gasteiger charge is -1.92. The summed E-state index contributed by atoms with van der Waals surface area (Å²) in [7, 11) is 0. The zero-order valence-corrected chi connectivity index (χ0v) is 7.89. The molecule has 0 aliphatic heterocycles. The van der Waals surface area contributed by atoms with Crippen LogP contribution in [-0.2, 0) is 0 Å². The van der Waals surface area contributed by atoms with Gasteiger partial charge in [0.05, 0.1) is 0 Å². The number of halogens is 1. The number of hydrogen-bond acceptors (Lipinski definition) is 3. The van der Waals surface area contributed by atoms with Crippen LogP contribution in [0.1, 0.15) is 0 Å². The van der Waals surface area contributed by atoms with Crippen molar-refractivity contribution in [3.05, 3.63) is 22.7 Å². The Balaban J connectivity index is 2.76. The number of carbonyl (C=O) groups is 1. The Morgan fingerprint density at radius 2 is 2.31 bits per heavy atom. The van der Waals surface area contributed by atoms with Crippen molar-refractivity contribution < 1.29 is 9.90 Å². The second-order valence-corrected chi connectivity index (χ2v) is 3.33. The maximum absolute atomic E-state index is 10.6. The van der Waals surface area contributed by atoms with Crippen LogP contribution in [0.4, 0.5) is 4.79 Å². The van der Waals surface area contributed by atoms with E-state index in [9.17, 15) is 4.79 Å². The van der Waals surface area contributed by atoms with Crippen molar-refractivity contribution in [1.29, 1.82) is 0 Å². The summed E-state index contributed by atoms with van der Waals surface area (Å²) >= 11 is 3.25. The molecule has 66 valence electrons. The summed E-state index contributed by atoms with van der Waals surface area (Å²) in [5.41, 5.74) is 1.03. The van der Waals surface area contributed by atoms with Crippen LogP contribution in [0, 0.1) is 0 Å². The smallest absolute Gasteiger partial charge is 0.434 e. The molecule has 6 heteroatoms. The molecule has 0 radical (unpaired) electrons. The fraction of sp³-hybridized carbons (Fsp3) is 0. The summed E-state index contributed by atoms with van der Waals surface area (Å²) < 4.78 is 1.68. The molecule has 13 heavy (non-hydrogen) atoms. The Morgan fingerprint density at radius 1 is 1.54 bits per heavy atom. The Hall–Kier alpha value is -1.43. The Morgan fingerprint density at radius 3 is 3.00 bits per heavy atom. The highest BCUT2D eigenvalue weighted by Crippen LogP contribution is 2.16. The molecule has 0 saturated heterocycles. The molecule has 0 atom stereocenters. The molecule has 0 aliphatic carbocycles. The molecule has 5 nitrogen and oxygen atoms in total. The van der Waals surface area contributed by atoms with E-state index >= 15 is 0 Å². The lowest BCUT2D eigenvalue weighted by molar-refractivity contribution is 0.193.